The van der Waals surface area contributed by atoms with E-state index in [1.807, 2.05) is 24.3 Å². The highest BCUT2D eigenvalue weighted by molar-refractivity contribution is 5.87. The van der Waals surface area contributed by atoms with Gasteiger partial charge in [-0.05, 0) is 43.4 Å². The number of amides is 1. The van der Waals surface area contributed by atoms with E-state index in [0.29, 0.717) is 0 Å². The van der Waals surface area contributed by atoms with Crippen molar-refractivity contribution in [2.45, 2.75) is 50.0 Å². The van der Waals surface area contributed by atoms with Gasteiger partial charge in [0.15, 0.2) is 6.61 Å². The van der Waals surface area contributed by atoms with Gasteiger partial charge >= 0.3 is 5.97 Å². The van der Waals surface area contributed by atoms with E-state index in [-0.39, 0.29) is 24.5 Å². The van der Waals surface area contributed by atoms with Crippen LogP contribution < -0.4 is 10.1 Å². The molecule has 0 atom stereocenters. The van der Waals surface area contributed by atoms with Crippen molar-refractivity contribution in [1.29, 1.82) is 0 Å². The van der Waals surface area contributed by atoms with Crippen LogP contribution >= 0.6 is 0 Å². The van der Waals surface area contributed by atoms with Crippen LogP contribution in [0.15, 0.2) is 24.3 Å². The Morgan fingerprint density at radius 2 is 1.83 bits per heavy atom. The second kappa shape index (κ2) is 6.60. The minimum absolute atomic E-state index is 0.187. The van der Waals surface area contributed by atoms with E-state index in [9.17, 15) is 9.59 Å². The number of rotatable bonds is 6. The molecule has 2 fully saturated rings. The molecule has 1 aromatic carbocycles. The first-order valence-electron chi connectivity index (χ1n) is 8.25. The second-order valence-corrected chi connectivity index (χ2v) is 6.44. The highest BCUT2D eigenvalue weighted by Gasteiger charge is 2.44. The van der Waals surface area contributed by atoms with Crippen LogP contribution in [0.3, 0.4) is 0 Å². The Labute approximate surface area is 136 Å². The Kier molecular flexibility index (Phi) is 4.55. The molecule has 124 valence electrons. The Balaban J connectivity index is 1.68. The monoisotopic (exact) mass is 317 g/mol. The van der Waals surface area contributed by atoms with Gasteiger partial charge in [-0.15, -0.1) is 0 Å². The number of benzene rings is 1. The van der Waals surface area contributed by atoms with E-state index < -0.39 is 5.41 Å². The molecule has 0 unspecified atom stereocenters. The van der Waals surface area contributed by atoms with Gasteiger partial charge in [-0.25, -0.2) is 0 Å². The zero-order chi connectivity index (χ0) is 16.3. The Morgan fingerprint density at radius 1 is 1.17 bits per heavy atom. The third-order valence-corrected chi connectivity index (χ3v) is 4.77. The van der Waals surface area contributed by atoms with E-state index in [1.54, 1.807) is 7.11 Å². The first-order valence-corrected chi connectivity index (χ1v) is 8.25. The molecule has 1 aromatic rings. The van der Waals surface area contributed by atoms with Crippen LogP contribution in [0.4, 0.5) is 0 Å². The molecule has 2 aliphatic carbocycles. The third-order valence-electron chi connectivity index (χ3n) is 4.77. The molecule has 1 amide bonds. The average molecular weight is 317 g/mol. The summed E-state index contributed by atoms with van der Waals surface area (Å²) in [5.41, 5.74) is 0.329. The van der Waals surface area contributed by atoms with E-state index in [4.69, 9.17) is 9.47 Å². The predicted octanol–water partition coefficient (Wildman–Crippen LogP) is 2.33. The summed E-state index contributed by atoms with van der Waals surface area (Å²) in [7, 11) is 1.62. The first-order chi connectivity index (χ1) is 11.1. The molecule has 0 aromatic heterocycles. The third kappa shape index (κ3) is 3.49. The Hall–Kier alpha value is -2.04. The number of hydrogen-bond donors (Lipinski definition) is 1. The van der Waals surface area contributed by atoms with Gasteiger partial charge in [0.2, 0.25) is 0 Å². The number of esters is 1. The zero-order valence-corrected chi connectivity index (χ0v) is 13.5. The normalized spacial score (nSPS) is 19.2. The zero-order valence-electron chi connectivity index (χ0n) is 13.5. The lowest BCUT2D eigenvalue weighted by Crippen LogP contribution is -2.38. The molecule has 0 heterocycles. The van der Waals surface area contributed by atoms with Crippen LogP contribution in [0.2, 0.25) is 0 Å². The van der Waals surface area contributed by atoms with Crippen molar-refractivity contribution in [3.05, 3.63) is 29.8 Å². The van der Waals surface area contributed by atoms with Crippen LogP contribution in [0, 0.1) is 0 Å². The summed E-state index contributed by atoms with van der Waals surface area (Å²) in [6, 6.07) is 7.86. The number of ether oxygens (including phenoxy) is 2. The van der Waals surface area contributed by atoms with Crippen LogP contribution in [0.5, 0.6) is 5.75 Å². The quantitative estimate of drug-likeness (QED) is 0.818. The maximum absolute atomic E-state index is 12.7. The van der Waals surface area contributed by atoms with Crippen LogP contribution in [0.1, 0.15) is 44.1 Å². The fourth-order valence-corrected chi connectivity index (χ4v) is 3.27. The lowest BCUT2D eigenvalue weighted by Gasteiger charge is -2.27. The second-order valence-electron chi connectivity index (χ2n) is 6.44. The molecule has 5 heteroatoms. The summed E-state index contributed by atoms with van der Waals surface area (Å²) in [4.78, 5) is 24.4. The highest BCUT2D eigenvalue weighted by atomic mass is 16.5. The molecule has 0 saturated heterocycles. The molecule has 0 radical (unpaired) electrons. The van der Waals surface area contributed by atoms with Gasteiger partial charge in [-0.3, -0.25) is 9.59 Å². The van der Waals surface area contributed by atoms with Crippen molar-refractivity contribution in [2.75, 3.05) is 13.7 Å². The van der Waals surface area contributed by atoms with E-state index >= 15 is 0 Å². The molecule has 3 rings (SSSR count). The minimum atomic E-state index is -0.619. The summed E-state index contributed by atoms with van der Waals surface area (Å²) >= 11 is 0. The largest absolute Gasteiger partial charge is 0.497 e. The molecule has 2 saturated carbocycles. The Bertz CT molecular complexity index is 571. The lowest BCUT2D eigenvalue weighted by molar-refractivity contribution is -0.154. The fraction of sp³-hybridized carbons (Fsp3) is 0.556. The van der Waals surface area contributed by atoms with Gasteiger partial charge in [0.05, 0.1) is 12.5 Å². The lowest BCUT2D eigenvalue weighted by atomic mass is 9.79. The predicted molar refractivity (Wildman–Crippen MR) is 85.3 cm³/mol. The van der Waals surface area contributed by atoms with Crippen molar-refractivity contribution >= 4 is 11.9 Å². The number of carbonyl (C=O) groups is 2. The van der Waals surface area contributed by atoms with Gasteiger partial charge in [0, 0.05) is 6.04 Å². The maximum atomic E-state index is 12.7. The molecule has 2 aliphatic rings. The van der Waals surface area contributed by atoms with Gasteiger partial charge in [0.25, 0.3) is 5.91 Å². The molecule has 5 nitrogen and oxygen atoms in total. The smallest absolute Gasteiger partial charge is 0.317 e. The average Bonchev–Trinajstić information content (AvgIpc) is 3.24. The standard InChI is InChI=1S/C18H23NO4/c1-22-15-8-4-13(5-9-15)18(10-2-3-11-18)17(21)23-12-16(20)19-14-6-7-14/h4-5,8-9,14H,2-3,6-7,10-12H2,1H3,(H,19,20). The van der Waals surface area contributed by atoms with Crippen molar-refractivity contribution in [1.82, 2.24) is 5.32 Å². The fourth-order valence-electron chi connectivity index (χ4n) is 3.27. The maximum Gasteiger partial charge on any atom is 0.317 e. The van der Waals surface area contributed by atoms with Gasteiger partial charge < -0.3 is 14.8 Å². The van der Waals surface area contributed by atoms with Crippen molar-refractivity contribution in [3.8, 4) is 5.75 Å². The van der Waals surface area contributed by atoms with Crippen LogP contribution in [0.25, 0.3) is 0 Å². The van der Waals surface area contributed by atoms with E-state index in [1.165, 1.54) is 0 Å². The SMILES string of the molecule is COc1ccc(C2(C(=O)OCC(=O)NC3CC3)CCCC2)cc1. The number of hydrogen-bond acceptors (Lipinski definition) is 4. The van der Waals surface area contributed by atoms with E-state index in [0.717, 1.165) is 49.8 Å². The molecule has 0 aliphatic heterocycles. The molecular formula is C18H23NO4. The Morgan fingerprint density at radius 3 is 2.39 bits per heavy atom. The van der Waals surface area contributed by atoms with Gasteiger partial charge in [-0.2, -0.15) is 0 Å². The highest BCUT2D eigenvalue weighted by Crippen LogP contribution is 2.42. The topological polar surface area (TPSA) is 64.6 Å². The first kappa shape index (κ1) is 15.8. The van der Waals surface area contributed by atoms with E-state index in [2.05, 4.69) is 5.32 Å². The van der Waals surface area contributed by atoms with Gasteiger partial charge in [-0.1, -0.05) is 25.0 Å². The molecule has 0 spiro atoms. The van der Waals surface area contributed by atoms with Crippen molar-refractivity contribution in [3.63, 3.8) is 0 Å². The van der Waals surface area contributed by atoms with Crippen molar-refractivity contribution < 1.29 is 19.1 Å². The minimum Gasteiger partial charge on any atom is -0.497 e. The summed E-state index contributed by atoms with van der Waals surface area (Å²) in [6.07, 6.45) is 5.57. The number of methoxy groups -OCH3 is 1. The summed E-state index contributed by atoms with van der Waals surface area (Å²) in [5.74, 6) is 0.272. The number of carbonyl (C=O) groups excluding carboxylic acids is 2. The van der Waals surface area contributed by atoms with Crippen LogP contribution in [-0.2, 0) is 19.7 Å². The summed E-state index contributed by atoms with van der Waals surface area (Å²) in [6.45, 7) is -0.187. The molecule has 23 heavy (non-hydrogen) atoms. The molecular weight excluding hydrogens is 294 g/mol. The molecule has 1 N–H and O–H groups in total. The summed E-state index contributed by atoms with van der Waals surface area (Å²) < 4.78 is 10.5. The molecule has 0 bridgehead atoms. The van der Waals surface area contributed by atoms with Crippen LogP contribution in [-0.4, -0.2) is 31.6 Å². The summed E-state index contributed by atoms with van der Waals surface area (Å²) in [5, 5.41) is 2.83. The van der Waals surface area contributed by atoms with Gasteiger partial charge in [0.1, 0.15) is 5.75 Å². The van der Waals surface area contributed by atoms with Crippen molar-refractivity contribution in [2.24, 2.45) is 0 Å². The number of nitrogens with one attached hydrogen (secondary N) is 1.